The second kappa shape index (κ2) is 6.42. The zero-order valence-electron chi connectivity index (χ0n) is 12.3. The van der Waals surface area contributed by atoms with Gasteiger partial charge in [0.1, 0.15) is 0 Å². The topological polar surface area (TPSA) is 36.4 Å². The molecule has 0 unspecified atom stereocenters. The van der Waals surface area contributed by atoms with Crippen LogP contribution in [0.1, 0.15) is 43.0 Å². The van der Waals surface area contributed by atoms with E-state index < -0.39 is 0 Å². The molecular weight excluding hydrogens is 254 g/mol. The van der Waals surface area contributed by atoms with Crippen molar-refractivity contribution in [3.63, 3.8) is 0 Å². The molecule has 1 saturated carbocycles. The fourth-order valence-corrected chi connectivity index (χ4v) is 3.42. The Balaban J connectivity index is 1.79. The normalized spacial score (nSPS) is 17.9. The van der Waals surface area contributed by atoms with Crippen LogP contribution in [0.5, 0.6) is 0 Å². The minimum Gasteiger partial charge on any atom is -0.356 e. The summed E-state index contributed by atoms with van der Waals surface area (Å²) >= 11 is 1.80. The van der Waals surface area contributed by atoms with Gasteiger partial charge in [-0.2, -0.15) is 0 Å². The van der Waals surface area contributed by atoms with E-state index in [2.05, 4.69) is 40.9 Å². The van der Waals surface area contributed by atoms with E-state index in [1.807, 2.05) is 7.05 Å². The van der Waals surface area contributed by atoms with Crippen molar-refractivity contribution in [1.82, 2.24) is 10.6 Å². The van der Waals surface area contributed by atoms with E-state index >= 15 is 0 Å². The molecule has 2 rings (SSSR count). The number of nitrogens with zero attached hydrogens (tertiary/aromatic N) is 1. The second-order valence-electron chi connectivity index (χ2n) is 5.51. The highest BCUT2D eigenvalue weighted by atomic mass is 32.1. The van der Waals surface area contributed by atoms with E-state index in [0.29, 0.717) is 5.41 Å². The van der Waals surface area contributed by atoms with E-state index in [1.165, 1.54) is 36.1 Å². The zero-order valence-corrected chi connectivity index (χ0v) is 13.1. The number of aliphatic imine (C=N–C) groups is 1. The molecule has 0 radical (unpaired) electrons. The smallest absolute Gasteiger partial charge is 0.191 e. The molecule has 1 heterocycles. The summed E-state index contributed by atoms with van der Waals surface area (Å²) in [5, 5.41) is 9.04. The first-order valence-electron chi connectivity index (χ1n) is 7.16. The molecule has 106 valence electrons. The Morgan fingerprint density at radius 1 is 1.42 bits per heavy atom. The first-order valence-corrected chi connectivity index (χ1v) is 8.04. The maximum Gasteiger partial charge on any atom is 0.191 e. The summed E-state index contributed by atoms with van der Waals surface area (Å²) in [6.45, 7) is 6.37. The summed E-state index contributed by atoms with van der Waals surface area (Å²) in [4.78, 5) is 5.70. The molecule has 0 aromatic carbocycles. The molecule has 0 bridgehead atoms. The van der Waals surface area contributed by atoms with Crippen LogP contribution < -0.4 is 10.6 Å². The third-order valence-electron chi connectivity index (χ3n) is 4.40. The fraction of sp³-hybridized carbons (Fsp3) is 0.667. The van der Waals surface area contributed by atoms with E-state index in [-0.39, 0.29) is 0 Å². The van der Waals surface area contributed by atoms with Gasteiger partial charge in [-0.3, -0.25) is 4.99 Å². The van der Waals surface area contributed by atoms with Gasteiger partial charge in [0.25, 0.3) is 0 Å². The molecule has 2 N–H and O–H groups in total. The zero-order chi connectivity index (χ0) is 13.7. The molecule has 19 heavy (non-hydrogen) atoms. The van der Waals surface area contributed by atoms with Crippen molar-refractivity contribution >= 4 is 17.3 Å². The van der Waals surface area contributed by atoms with Gasteiger partial charge in [-0.25, -0.2) is 0 Å². The van der Waals surface area contributed by atoms with Crippen LogP contribution in [0.2, 0.25) is 0 Å². The molecule has 1 aromatic heterocycles. The minimum atomic E-state index is 0.524. The number of thiophene rings is 1. The van der Waals surface area contributed by atoms with E-state index in [9.17, 15) is 0 Å². The summed E-state index contributed by atoms with van der Waals surface area (Å²) < 4.78 is 0. The number of guanidine groups is 1. The predicted octanol–water partition coefficient (Wildman–Crippen LogP) is 3.30. The Kier molecular flexibility index (Phi) is 4.86. The van der Waals surface area contributed by atoms with Gasteiger partial charge in [0, 0.05) is 18.5 Å². The second-order valence-corrected chi connectivity index (χ2v) is 6.51. The summed E-state index contributed by atoms with van der Waals surface area (Å²) in [6.07, 6.45) is 5.37. The highest BCUT2D eigenvalue weighted by Crippen LogP contribution is 2.42. The van der Waals surface area contributed by atoms with E-state index in [1.54, 1.807) is 11.3 Å². The number of hydrogen-bond donors (Lipinski definition) is 2. The molecule has 1 aliphatic rings. The monoisotopic (exact) mass is 279 g/mol. The van der Waals surface area contributed by atoms with Crippen LogP contribution in [0, 0.1) is 12.3 Å². The Morgan fingerprint density at radius 2 is 2.21 bits per heavy atom. The summed E-state index contributed by atoms with van der Waals surface area (Å²) in [5.41, 5.74) is 1.88. The first kappa shape index (κ1) is 14.4. The molecular formula is C15H25N3S. The number of nitrogens with one attached hydrogen (secondary N) is 2. The Hall–Kier alpha value is -1.03. The third kappa shape index (κ3) is 3.50. The summed E-state index contributed by atoms with van der Waals surface area (Å²) in [5.74, 6) is 0.924. The Bertz CT molecular complexity index is 427. The van der Waals surface area contributed by atoms with Gasteiger partial charge < -0.3 is 10.6 Å². The summed E-state index contributed by atoms with van der Waals surface area (Å²) in [7, 11) is 1.84. The lowest BCUT2D eigenvalue weighted by molar-refractivity contribution is 0.131. The van der Waals surface area contributed by atoms with E-state index in [4.69, 9.17) is 0 Å². The average molecular weight is 279 g/mol. The molecule has 4 heteroatoms. The van der Waals surface area contributed by atoms with Gasteiger partial charge in [-0.05, 0) is 48.6 Å². The highest BCUT2D eigenvalue weighted by molar-refractivity contribution is 7.10. The van der Waals surface area contributed by atoms with Crippen LogP contribution in [0.3, 0.4) is 0 Å². The van der Waals surface area contributed by atoms with Gasteiger partial charge in [0.15, 0.2) is 5.96 Å². The minimum absolute atomic E-state index is 0.524. The lowest BCUT2D eigenvalue weighted by Gasteiger charge is -2.41. The van der Waals surface area contributed by atoms with Crippen LogP contribution in [0.25, 0.3) is 0 Å². The van der Waals surface area contributed by atoms with Crippen LogP contribution in [-0.2, 0) is 6.54 Å². The van der Waals surface area contributed by atoms with Gasteiger partial charge >= 0.3 is 0 Å². The number of hydrogen-bond acceptors (Lipinski definition) is 2. The van der Waals surface area contributed by atoms with Crippen molar-refractivity contribution in [2.45, 2.75) is 46.1 Å². The number of aryl methyl sites for hydroxylation is 1. The SMILES string of the molecule is CCC1(CNC(=NC)NCc2sccc2C)CCC1. The van der Waals surface area contributed by atoms with Gasteiger partial charge in [-0.15, -0.1) is 11.3 Å². The van der Waals surface area contributed by atoms with Crippen molar-refractivity contribution in [1.29, 1.82) is 0 Å². The van der Waals surface area contributed by atoms with Crippen molar-refractivity contribution in [2.75, 3.05) is 13.6 Å². The molecule has 0 spiro atoms. The van der Waals surface area contributed by atoms with E-state index in [0.717, 1.165) is 19.0 Å². The number of rotatable bonds is 5. The average Bonchev–Trinajstić information content (AvgIpc) is 2.78. The van der Waals surface area contributed by atoms with Crippen molar-refractivity contribution < 1.29 is 0 Å². The van der Waals surface area contributed by atoms with Crippen molar-refractivity contribution in [2.24, 2.45) is 10.4 Å². The first-order chi connectivity index (χ1) is 9.19. The maximum atomic E-state index is 4.31. The van der Waals surface area contributed by atoms with Gasteiger partial charge in [0.05, 0.1) is 6.54 Å². The molecule has 0 aliphatic heterocycles. The maximum absolute atomic E-state index is 4.31. The molecule has 3 nitrogen and oxygen atoms in total. The molecule has 1 aliphatic carbocycles. The largest absolute Gasteiger partial charge is 0.356 e. The highest BCUT2D eigenvalue weighted by Gasteiger charge is 2.34. The Morgan fingerprint density at radius 3 is 2.68 bits per heavy atom. The lowest BCUT2D eigenvalue weighted by atomic mass is 9.67. The van der Waals surface area contributed by atoms with Crippen LogP contribution >= 0.6 is 11.3 Å². The van der Waals surface area contributed by atoms with Gasteiger partial charge in [-0.1, -0.05) is 13.3 Å². The molecule has 0 saturated heterocycles. The molecule has 1 fully saturated rings. The van der Waals surface area contributed by atoms with Crippen LogP contribution in [-0.4, -0.2) is 19.6 Å². The molecule has 0 amide bonds. The fourth-order valence-electron chi connectivity index (χ4n) is 2.57. The predicted molar refractivity (Wildman–Crippen MR) is 83.8 cm³/mol. The standard InChI is InChI=1S/C15H25N3S/c1-4-15(7-5-8-15)11-18-14(16-3)17-10-13-12(2)6-9-19-13/h6,9H,4-5,7-8,10-11H2,1-3H3,(H2,16,17,18). The van der Waals surface area contributed by atoms with Crippen LogP contribution in [0.4, 0.5) is 0 Å². The van der Waals surface area contributed by atoms with Gasteiger partial charge in [0.2, 0.25) is 0 Å². The molecule has 1 aromatic rings. The lowest BCUT2D eigenvalue weighted by Crippen LogP contribution is -2.46. The van der Waals surface area contributed by atoms with Crippen molar-refractivity contribution in [3.05, 3.63) is 21.9 Å². The summed E-state index contributed by atoms with van der Waals surface area (Å²) in [6, 6.07) is 2.16. The Labute approximate surface area is 120 Å². The van der Waals surface area contributed by atoms with Crippen molar-refractivity contribution in [3.8, 4) is 0 Å². The van der Waals surface area contributed by atoms with Crippen LogP contribution in [0.15, 0.2) is 16.4 Å². The quantitative estimate of drug-likeness (QED) is 0.641. The molecule has 0 atom stereocenters. The third-order valence-corrected chi connectivity index (χ3v) is 5.43.